The average molecular weight is 420 g/mol. The molecule has 2 heterocycles. The van der Waals surface area contributed by atoms with E-state index in [9.17, 15) is 8.60 Å². The first kappa shape index (κ1) is 20.0. The standard InChI is InChI=1S/C20H26FN5O2S/c1-3-11(2)20(22)28-13-5-4-12(8-13)16-9-18(26-25-16)24-15-6-7-17-14(19(15)21)10-23-29(17)27/h6-7,9,11-13,22-23H,3-5,8,10H2,1-2H3,(H2,24,25,26). The van der Waals surface area contributed by atoms with Crippen LogP contribution < -0.4 is 10.0 Å². The summed E-state index contributed by atoms with van der Waals surface area (Å²) in [4.78, 5) is 0.496. The van der Waals surface area contributed by atoms with Crippen LogP contribution >= 0.6 is 0 Å². The van der Waals surface area contributed by atoms with Gasteiger partial charge in [0.15, 0.2) is 17.5 Å². The third-order valence-electron chi connectivity index (χ3n) is 5.82. The molecule has 1 fully saturated rings. The summed E-state index contributed by atoms with van der Waals surface area (Å²) < 4.78 is 35.0. The Morgan fingerprint density at radius 3 is 3.10 bits per heavy atom. The monoisotopic (exact) mass is 419 g/mol. The fourth-order valence-electron chi connectivity index (χ4n) is 3.81. The summed E-state index contributed by atoms with van der Waals surface area (Å²) in [6, 6.07) is 5.17. The van der Waals surface area contributed by atoms with Crippen LogP contribution in [0.2, 0.25) is 0 Å². The minimum absolute atomic E-state index is 0.0590. The van der Waals surface area contributed by atoms with Crippen molar-refractivity contribution < 1.29 is 13.3 Å². The zero-order valence-corrected chi connectivity index (χ0v) is 17.4. The van der Waals surface area contributed by atoms with Gasteiger partial charge in [-0.25, -0.2) is 13.3 Å². The van der Waals surface area contributed by atoms with Gasteiger partial charge in [-0.05, 0) is 37.8 Å². The minimum atomic E-state index is -1.34. The van der Waals surface area contributed by atoms with Crippen molar-refractivity contribution in [3.63, 3.8) is 0 Å². The molecule has 4 N–H and O–H groups in total. The number of hydrogen-bond acceptors (Lipinski definition) is 5. The Bertz CT molecular complexity index is 947. The number of nitrogens with one attached hydrogen (secondary N) is 4. The third-order valence-corrected chi connectivity index (χ3v) is 7.01. The number of nitrogens with zero attached hydrogens (tertiary/aromatic N) is 1. The van der Waals surface area contributed by atoms with Gasteiger partial charge in [-0.3, -0.25) is 10.5 Å². The van der Waals surface area contributed by atoms with Gasteiger partial charge in [-0.15, -0.1) is 0 Å². The highest BCUT2D eigenvalue weighted by Crippen LogP contribution is 2.37. The van der Waals surface area contributed by atoms with Gasteiger partial charge >= 0.3 is 0 Å². The summed E-state index contributed by atoms with van der Waals surface area (Å²) in [5, 5.41) is 18.4. The summed E-state index contributed by atoms with van der Waals surface area (Å²) in [7, 11) is -1.34. The van der Waals surface area contributed by atoms with Gasteiger partial charge in [0.05, 0.1) is 10.6 Å². The molecule has 1 aliphatic heterocycles. The van der Waals surface area contributed by atoms with Gasteiger partial charge in [0.25, 0.3) is 0 Å². The van der Waals surface area contributed by atoms with E-state index >= 15 is 0 Å². The van der Waals surface area contributed by atoms with Crippen molar-refractivity contribution in [1.82, 2.24) is 14.9 Å². The number of H-pyrrole nitrogens is 1. The molecular weight excluding hydrogens is 393 g/mol. The van der Waals surface area contributed by atoms with Gasteiger partial charge in [-0.1, -0.05) is 13.8 Å². The summed E-state index contributed by atoms with van der Waals surface area (Å²) in [5.41, 5.74) is 1.73. The van der Waals surface area contributed by atoms with Crippen molar-refractivity contribution in [3.05, 3.63) is 35.3 Å². The molecule has 1 aromatic heterocycles. The number of rotatable bonds is 6. The maximum Gasteiger partial charge on any atom is 0.183 e. The van der Waals surface area contributed by atoms with Crippen molar-refractivity contribution >= 4 is 28.4 Å². The zero-order valence-electron chi connectivity index (χ0n) is 16.5. The van der Waals surface area contributed by atoms with Crippen LogP contribution in [0.3, 0.4) is 0 Å². The molecule has 0 radical (unpaired) electrons. The Labute approximate surface area is 171 Å². The smallest absolute Gasteiger partial charge is 0.183 e. The molecule has 9 heteroatoms. The van der Waals surface area contributed by atoms with Crippen LogP contribution in [0.25, 0.3) is 0 Å². The first-order valence-corrected chi connectivity index (χ1v) is 11.1. The number of hydrogen-bond donors (Lipinski definition) is 4. The second-order valence-electron chi connectivity index (χ2n) is 7.75. The van der Waals surface area contributed by atoms with Gasteiger partial charge < -0.3 is 10.1 Å². The Hall–Kier alpha value is -2.26. The average Bonchev–Trinajstić information content (AvgIpc) is 3.44. The number of halogens is 1. The van der Waals surface area contributed by atoms with Crippen molar-refractivity contribution in [1.29, 1.82) is 5.41 Å². The van der Waals surface area contributed by atoms with Crippen molar-refractivity contribution in [3.8, 4) is 0 Å². The number of anilines is 2. The third kappa shape index (κ3) is 4.06. The molecular formula is C20H26FN5O2S. The fourth-order valence-corrected chi connectivity index (χ4v) is 4.82. The predicted molar refractivity (Wildman–Crippen MR) is 110 cm³/mol. The molecule has 0 bridgehead atoms. The SMILES string of the molecule is CCC(C)C(=N)OC1CCC(c2cc(Nc3ccc4c(c3F)CNS4=O)n[nH]2)C1. The molecule has 156 valence electrons. The molecule has 4 rings (SSSR count). The summed E-state index contributed by atoms with van der Waals surface area (Å²) in [5.74, 6) is 0.940. The van der Waals surface area contributed by atoms with Gasteiger partial charge in [-0.2, -0.15) is 5.10 Å². The Balaban J connectivity index is 1.40. The van der Waals surface area contributed by atoms with E-state index in [4.69, 9.17) is 10.1 Å². The molecule has 4 atom stereocenters. The molecule has 4 unspecified atom stereocenters. The fraction of sp³-hybridized carbons (Fsp3) is 0.500. The van der Waals surface area contributed by atoms with Gasteiger partial charge in [0.1, 0.15) is 17.1 Å². The van der Waals surface area contributed by atoms with Gasteiger partial charge in [0.2, 0.25) is 0 Å². The molecule has 29 heavy (non-hydrogen) atoms. The Morgan fingerprint density at radius 2 is 2.31 bits per heavy atom. The Kier molecular flexibility index (Phi) is 5.69. The number of benzene rings is 1. The summed E-state index contributed by atoms with van der Waals surface area (Å²) in [6.07, 6.45) is 3.67. The van der Waals surface area contributed by atoms with E-state index in [1.54, 1.807) is 12.1 Å². The van der Waals surface area contributed by atoms with Crippen LogP contribution in [0.1, 0.15) is 56.7 Å². The first-order chi connectivity index (χ1) is 14.0. The van der Waals surface area contributed by atoms with E-state index in [0.717, 1.165) is 31.4 Å². The molecule has 2 aliphatic rings. The molecule has 0 saturated heterocycles. The Morgan fingerprint density at radius 1 is 1.48 bits per heavy atom. The number of ether oxygens (including phenoxy) is 1. The van der Waals surface area contributed by atoms with Crippen molar-refractivity contribution in [2.24, 2.45) is 5.92 Å². The molecule has 0 spiro atoms. The van der Waals surface area contributed by atoms with Crippen LogP contribution in [0, 0.1) is 17.1 Å². The summed E-state index contributed by atoms with van der Waals surface area (Å²) in [6.45, 7) is 4.32. The highest BCUT2D eigenvalue weighted by Gasteiger charge is 2.30. The normalized spacial score (nSPS) is 24.3. The minimum Gasteiger partial charge on any atom is -0.478 e. The van der Waals surface area contributed by atoms with Crippen molar-refractivity contribution in [2.45, 2.75) is 63.0 Å². The van der Waals surface area contributed by atoms with E-state index in [1.807, 2.05) is 13.0 Å². The highest BCUT2D eigenvalue weighted by molar-refractivity contribution is 7.83. The van der Waals surface area contributed by atoms with Gasteiger partial charge in [0, 0.05) is 35.7 Å². The van der Waals surface area contributed by atoms with Crippen LogP contribution in [0.4, 0.5) is 15.9 Å². The maximum atomic E-state index is 14.7. The van der Waals surface area contributed by atoms with Crippen LogP contribution in [-0.2, 0) is 22.3 Å². The number of aromatic nitrogens is 2. The molecule has 1 saturated carbocycles. The highest BCUT2D eigenvalue weighted by atomic mass is 32.2. The lowest BCUT2D eigenvalue weighted by molar-refractivity contribution is 0.178. The molecule has 2 aromatic rings. The zero-order chi connectivity index (χ0) is 20.5. The van der Waals surface area contributed by atoms with Crippen molar-refractivity contribution in [2.75, 3.05) is 5.32 Å². The van der Waals surface area contributed by atoms with E-state index < -0.39 is 16.8 Å². The second kappa shape index (κ2) is 8.23. The largest absolute Gasteiger partial charge is 0.478 e. The maximum absolute atomic E-state index is 14.7. The number of fused-ring (bicyclic) bond motifs is 1. The molecule has 1 aliphatic carbocycles. The van der Waals surface area contributed by atoms with Crippen LogP contribution in [0.15, 0.2) is 23.1 Å². The predicted octanol–water partition coefficient (Wildman–Crippen LogP) is 4.09. The lowest BCUT2D eigenvalue weighted by atomic mass is 10.0. The first-order valence-electron chi connectivity index (χ1n) is 10.00. The molecule has 0 amide bonds. The van der Waals surface area contributed by atoms with E-state index in [2.05, 4.69) is 27.2 Å². The van der Waals surface area contributed by atoms with E-state index in [0.29, 0.717) is 27.9 Å². The molecule has 1 aromatic carbocycles. The lowest BCUT2D eigenvalue weighted by Crippen LogP contribution is -2.20. The van der Waals surface area contributed by atoms with E-state index in [-0.39, 0.29) is 24.5 Å². The lowest BCUT2D eigenvalue weighted by Gasteiger charge is -2.17. The quantitative estimate of drug-likeness (QED) is 0.418. The molecule has 7 nitrogen and oxygen atoms in total. The van der Waals surface area contributed by atoms with Crippen LogP contribution in [-0.4, -0.2) is 26.4 Å². The topological polar surface area (TPSA) is 103 Å². The van der Waals surface area contributed by atoms with E-state index in [1.165, 1.54) is 0 Å². The number of aromatic amines is 1. The second-order valence-corrected chi connectivity index (χ2v) is 9.02. The summed E-state index contributed by atoms with van der Waals surface area (Å²) >= 11 is 0. The van der Waals surface area contributed by atoms with Crippen LogP contribution in [0.5, 0.6) is 0 Å².